The number of halogens is 1. The molecule has 2 atom stereocenters. The Bertz CT molecular complexity index is 377. The van der Waals surface area contributed by atoms with Crippen molar-refractivity contribution in [1.82, 2.24) is 10.2 Å². The lowest BCUT2D eigenvalue weighted by molar-refractivity contribution is 0.178. The van der Waals surface area contributed by atoms with Gasteiger partial charge in [0.05, 0.1) is 0 Å². The predicted octanol–water partition coefficient (Wildman–Crippen LogP) is 2.83. The molecule has 1 aromatic rings. The number of hydrogen-bond donors (Lipinski definition) is 1. The van der Waals surface area contributed by atoms with Crippen LogP contribution >= 0.6 is 0 Å². The Kier molecular flexibility index (Phi) is 5.34. The van der Waals surface area contributed by atoms with E-state index in [1.165, 1.54) is 43.5 Å². The first-order chi connectivity index (χ1) is 9.15. The highest BCUT2D eigenvalue weighted by Crippen LogP contribution is 2.14. The molecule has 1 aliphatic rings. The summed E-state index contributed by atoms with van der Waals surface area (Å²) in [5.74, 6) is -0.159. The minimum atomic E-state index is -0.159. The van der Waals surface area contributed by atoms with Crippen molar-refractivity contribution in [3.63, 3.8) is 0 Å². The fourth-order valence-electron chi connectivity index (χ4n) is 2.79. The molecule has 106 valence electrons. The SMILES string of the molecule is CC(Cc1ccc(F)cc1)NCC1CCCCN1C. The normalized spacial score (nSPS) is 22.4. The van der Waals surface area contributed by atoms with Crippen molar-refractivity contribution in [2.45, 2.75) is 44.7 Å². The van der Waals surface area contributed by atoms with Gasteiger partial charge in [-0.1, -0.05) is 18.6 Å². The van der Waals surface area contributed by atoms with E-state index in [0.29, 0.717) is 12.1 Å². The number of piperidine rings is 1. The van der Waals surface area contributed by atoms with Gasteiger partial charge in [-0.25, -0.2) is 4.39 Å². The Labute approximate surface area is 116 Å². The maximum absolute atomic E-state index is 12.8. The van der Waals surface area contributed by atoms with Crippen LogP contribution in [-0.4, -0.2) is 37.1 Å². The van der Waals surface area contributed by atoms with E-state index in [2.05, 4.69) is 24.2 Å². The van der Waals surface area contributed by atoms with E-state index in [1.54, 1.807) is 0 Å². The Balaban J connectivity index is 1.74. The lowest BCUT2D eigenvalue weighted by Gasteiger charge is -2.33. The summed E-state index contributed by atoms with van der Waals surface area (Å²) in [6, 6.07) is 7.93. The van der Waals surface area contributed by atoms with E-state index in [-0.39, 0.29) is 5.82 Å². The van der Waals surface area contributed by atoms with Gasteiger partial charge >= 0.3 is 0 Å². The average Bonchev–Trinajstić information content (AvgIpc) is 2.40. The maximum atomic E-state index is 12.8. The molecular weight excluding hydrogens is 239 g/mol. The molecule has 0 aliphatic carbocycles. The Morgan fingerprint density at radius 1 is 1.32 bits per heavy atom. The smallest absolute Gasteiger partial charge is 0.123 e. The standard InChI is InChI=1S/C16H25FN2/c1-13(11-14-6-8-15(17)9-7-14)18-12-16-5-3-4-10-19(16)2/h6-9,13,16,18H,3-5,10-12H2,1-2H3. The second kappa shape index (κ2) is 7.01. The first-order valence-corrected chi connectivity index (χ1v) is 7.33. The van der Waals surface area contributed by atoms with Crippen LogP contribution in [0.5, 0.6) is 0 Å². The molecule has 0 radical (unpaired) electrons. The predicted molar refractivity (Wildman–Crippen MR) is 77.8 cm³/mol. The number of hydrogen-bond acceptors (Lipinski definition) is 2. The lowest BCUT2D eigenvalue weighted by atomic mass is 10.0. The molecule has 1 aliphatic heterocycles. The highest BCUT2D eigenvalue weighted by atomic mass is 19.1. The van der Waals surface area contributed by atoms with Crippen LogP contribution in [-0.2, 0) is 6.42 Å². The summed E-state index contributed by atoms with van der Waals surface area (Å²) in [5.41, 5.74) is 1.19. The van der Waals surface area contributed by atoms with E-state index >= 15 is 0 Å². The summed E-state index contributed by atoms with van der Waals surface area (Å²) in [6.07, 6.45) is 4.94. The molecule has 1 heterocycles. The Morgan fingerprint density at radius 3 is 2.74 bits per heavy atom. The number of likely N-dealkylation sites (tertiary alicyclic amines) is 1. The third-order valence-electron chi connectivity index (χ3n) is 4.08. The number of rotatable bonds is 5. The van der Waals surface area contributed by atoms with Gasteiger partial charge in [0.25, 0.3) is 0 Å². The fraction of sp³-hybridized carbons (Fsp3) is 0.625. The fourth-order valence-corrected chi connectivity index (χ4v) is 2.79. The summed E-state index contributed by atoms with van der Waals surface area (Å²) in [7, 11) is 2.22. The van der Waals surface area contributed by atoms with Gasteiger partial charge in [0.2, 0.25) is 0 Å². The van der Waals surface area contributed by atoms with Crippen molar-refractivity contribution < 1.29 is 4.39 Å². The molecule has 19 heavy (non-hydrogen) atoms. The summed E-state index contributed by atoms with van der Waals surface area (Å²) in [4.78, 5) is 2.46. The van der Waals surface area contributed by atoms with Gasteiger partial charge in [-0.2, -0.15) is 0 Å². The molecule has 3 heteroatoms. The molecule has 0 bridgehead atoms. The third-order valence-corrected chi connectivity index (χ3v) is 4.08. The zero-order valence-corrected chi connectivity index (χ0v) is 12.0. The molecule has 1 fully saturated rings. The van der Waals surface area contributed by atoms with Gasteiger partial charge < -0.3 is 10.2 Å². The van der Waals surface area contributed by atoms with Crippen LogP contribution in [0.1, 0.15) is 31.7 Å². The number of benzene rings is 1. The summed E-state index contributed by atoms with van der Waals surface area (Å²) in [5, 5.41) is 3.61. The van der Waals surface area contributed by atoms with Crippen LogP contribution in [0.25, 0.3) is 0 Å². The van der Waals surface area contributed by atoms with Gasteiger partial charge in [0.15, 0.2) is 0 Å². The van der Waals surface area contributed by atoms with E-state index in [1.807, 2.05) is 12.1 Å². The van der Waals surface area contributed by atoms with Crippen molar-refractivity contribution in [3.05, 3.63) is 35.6 Å². The van der Waals surface area contributed by atoms with Crippen LogP contribution < -0.4 is 5.32 Å². The number of likely N-dealkylation sites (N-methyl/N-ethyl adjacent to an activating group) is 1. The van der Waals surface area contributed by atoms with Crippen molar-refractivity contribution >= 4 is 0 Å². The van der Waals surface area contributed by atoms with E-state index in [0.717, 1.165) is 13.0 Å². The highest BCUT2D eigenvalue weighted by molar-refractivity contribution is 5.17. The van der Waals surface area contributed by atoms with E-state index in [9.17, 15) is 4.39 Å². The van der Waals surface area contributed by atoms with Crippen molar-refractivity contribution in [2.75, 3.05) is 20.1 Å². The third kappa shape index (κ3) is 4.59. The molecule has 2 unspecified atom stereocenters. The zero-order valence-electron chi connectivity index (χ0n) is 12.0. The monoisotopic (exact) mass is 264 g/mol. The van der Waals surface area contributed by atoms with Crippen LogP contribution in [0.2, 0.25) is 0 Å². The Morgan fingerprint density at radius 2 is 2.05 bits per heavy atom. The quantitative estimate of drug-likeness (QED) is 0.880. The second-order valence-corrected chi connectivity index (χ2v) is 5.77. The second-order valence-electron chi connectivity index (χ2n) is 5.77. The molecule has 0 spiro atoms. The molecule has 1 N–H and O–H groups in total. The summed E-state index contributed by atoms with van der Waals surface area (Å²) in [6.45, 7) is 4.48. The van der Waals surface area contributed by atoms with Gasteiger partial charge in [0, 0.05) is 18.6 Å². The summed E-state index contributed by atoms with van der Waals surface area (Å²) >= 11 is 0. The maximum Gasteiger partial charge on any atom is 0.123 e. The number of nitrogens with zero attached hydrogens (tertiary/aromatic N) is 1. The Hall–Kier alpha value is -0.930. The van der Waals surface area contributed by atoms with Crippen molar-refractivity contribution in [3.8, 4) is 0 Å². The van der Waals surface area contributed by atoms with Crippen LogP contribution in [0.3, 0.4) is 0 Å². The first kappa shape index (κ1) is 14.5. The van der Waals surface area contributed by atoms with Gasteiger partial charge in [-0.15, -0.1) is 0 Å². The minimum Gasteiger partial charge on any atom is -0.312 e. The van der Waals surface area contributed by atoms with Gasteiger partial charge in [-0.05, 0) is 57.5 Å². The minimum absolute atomic E-state index is 0.159. The highest BCUT2D eigenvalue weighted by Gasteiger charge is 2.18. The van der Waals surface area contributed by atoms with Crippen molar-refractivity contribution in [1.29, 1.82) is 0 Å². The topological polar surface area (TPSA) is 15.3 Å². The summed E-state index contributed by atoms with van der Waals surface area (Å²) < 4.78 is 12.8. The van der Waals surface area contributed by atoms with Gasteiger partial charge in [0.1, 0.15) is 5.82 Å². The molecule has 1 saturated heterocycles. The number of nitrogens with one attached hydrogen (secondary N) is 1. The molecule has 2 rings (SSSR count). The molecule has 2 nitrogen and oxygen atoms in total. The molecule has 0 saturated carbocycles. The van der Waals surface area contributed by atoms with Crippen molar-refractivity contribution in [2.24, 2.45) is 0 Å². The van der Waals surface area contributed by atoms with Crippen LogP contribution in [0.15, 0.2) is 24.3 Å². The molecule has 0 amide bonds. The molecule has 1 aromatic carbocycles. The van der Waals surface area contributed by atoms with E-state index < -0.39 is 0 Å². The molecule has 0 aromatic heterocycles. The van der Waals surface area contributed by atoms with Crippen LogP contribution in [0.4, 0.5) is 4.39 Å². The lowest BCUT2D eigenvalue weighted by Crippen LogP contribution is -2.45. The van der Waals surface area contributed by atoms with Gasteiger partial charge in [-0.3, -0.25) is 0 Å². The molecular formula is C16H25FN2. The first-order valence-electron chi connectivity index (χ1n) is 7.33. The van der Waals surface area contributed by atoms with Crippen LogP contribution in [0, 0.1) is 5.82 Å². The van der Waals surface area contributed by atoms with E-state index in [4.69, 9.17) is 0 Å². The average molecular weight is 264 g/mol. The largest absolute Gasteiger partial charge is 0.312 e. The zero-order chi connectivity index (χ0) is 13.7.